The predicted octanol–water partition coefficient (Wildman–Crippen LogP) is 2.34. The van der Waals surface area contributed by atoms with Gasteiger partial charge in [-0.05, 0) is 23.7 Å². The maximum absolute atomic E-state index is 12.5. The standard InChI is InChI=1S/C13H22BrNO2/c1-11(2)12(3)5-6-13(11,9(12)14)10(16)15-7-8-17-4/h9H,5-8H2,1-4H3,(H,15,16). The Kier molecular flexibility index (Phi) is 3.10. The fraction of sp³-hybridized carbons (Fsp3) is 0.923. The fourth-order valence-electron chi connectivity index (χ4n) is 3.88. The summed E-state index contributed by atoms with van der Waals surface area (Å²) in [5.74, 6) is 0.191. The fourth-order valence-corrected chi connectivity index (χ4v) is 5.69. The van der Waals surface area contributed by atoms with E-state index in [0.717, 1.165) is 12.8 Å². The van der Waals surface area contributed by atoms with Gasteiger partial charge in [-0.2, -0.15) is 0 Å². The molecule has 3 aliphatic rings. The highest BCUT2D eigenvalue weighted by Gasteiger charge is 2.79. The lowest BCUT2D eigenvalue weighted by Crippen LogP contribution is -2.69. The maximum Gasteiger partial charge on any atom is 0.228 e. The number of ether oxygens (including phenoxy) is 1. The number of alkyl halides is 1. The lowest BCUT2D eigenvalue weighted by atomic mass is 9.43. The zero-order valence-electron chi connectivity index (χ0n) is 11.1. The topological polar surface area (TPSA) is 38.3 Å². The van der Waals surface area contributed by atoms with E-state index < -0.39 is 0 Å². The molecule has 0 aliphatic heterocycles. The molecule has 3 fully saturated rings. The lowest BCUT2D eigenvalue weighted by molar-refractivity contribution is -0.161. The molecule has 0 aromatic carbocycles. The molecule has 0 heterocycles. The van der Waals surface area contributed by atoms with Crippen molar-refractivity contribution in [2.24, 2.45) is 16.2 Å². The highest BCUT2D eigenvalue weighted by molar-refractivity contribution is 9.09. The van der Waals surface area contributed by atoms with Gasteiger partial charge in [0, 0.05) is 18.5 Å². The van der Waals surface area contributed by atoms with Crippen LogP contribution < -0.4 is 5.32 Å². The van der Waals surface area contributed by atoms with Crippen molar-refractivity contribution in [1.82, 2.24) is 5.32 Å². The summed E-state index contributed by atoms with van der Waals surface area (Å²) in [7, 11) is 1.65. The van der Waals surface area contributed by atoms with E-state index in [1.165, 1.54) is 0 Å². The molecule has 0 saturated heterocycles. The minimum Gasteiger partial charge on any atom is -0.383 e. The van der Waals surface area contributed by atoms with Crippen molar-refractivity contribution in [2.45, 2.75) is 38.4 Å². The van der Waals surface area contributed by atoms with Gasteiger partial charge in [0.15, 0.2) is 0 Å². The minimum absolute atomic E-state index is 0.0747. The molecule has 0 aromatic rings. The van der Waals surface area contributed by atoms with Gasteiger partial charge in [0.05, 0.1) is 12.0 Å². The zero-order valence-corrected chi connectivity index (χ0v) is 12.7. The number of carbonyl (C=O) groups is 1. The number of halogens is 1. The first kappa shape index (κ1) is 13.3. The molecule has 3 saturated carbocycles. The summed E-state index contributed by atoms with van der Waals surface area (Å²) in [6.07, 6.45) is 2.12. The van der Waals surface area contributed by atoms with E-state index in [9.17, 15) is 4.79 Å². The van der Waals surface area contributed by atoms with Crippen molar-refractivity contribution < 1.29 is 9.53 Å². The van der Waals surface area contributed by atoms with E-state index in [-0.39, 0.29) is 22.2 Å². The Balaban J connectivity index is 2.13. The molecular formula is C13H22BrNO2. The first-order valence-corrected chi connectivity index (χ1v) is 7.17. The van der Waals surface area contributed by atoms with E-state index in [4.69, 9.17) is 4.74 Å². The van der Waals surface area contributed by atoms with Crippen LogP contribution >= 0.6 is 15.9 Å². The molecule has 17 heavy (non-hydrogen) atoms. The van der Waals surface area contributed by atoms with Crippen LogP contribution in [0.5, 0.6) is 0 Å². The highest BCUT2D eigenvalue weighted by Crippen LogP contribution is 2.79. The van der Waals surface area contributed by atoms with Crippen LogP contribution in [-0.2, 0) is 9.53 Å². The van der Waals surface area contributed by atoms with Gasteiger partial charge in [-0.15, -0.1) is 0 Å². The molecular weight excluding hydrogens is 282 g/mol. The Morgan fingerprint density at radius 3 is 2.47 bits per heavy atom. The lowest BCUT2D eigenvalue weighted by Gasteiger charge is -2.64. The molecule has 3 nitrogen and oxygen atoms in total. The predicted molar refractivity (Wildman–Crippen MR) is 71.2 cm³/mol. The van der Waals surface area contributed by atoms with Crippen LogP contribution in [0.4, 0.5) is 0 Å². The Morgan fingerprint density at radius 2 is 2.06 bits per heavy atom. The first-order chi connectivity index (χ1) is 7.84. The summed E-state index contributed by atoms with van der Waals surface area (Å²) in [6.45, 7) is 7.93. The molecule has 98 valence electrons. The second-order valence-electron chi connectivity index (χ2n) is 6.13. The van der Waals surface area contributed by atoms with Gasteiger partial charge < -0.3 is 10.1 Å². The van der Waals surface area contributed by atoms with Gasteiger partial charge in [0.1, 0.15) is 0 Å². The average molecular weight is 304 g/mol. The maximum atomic E-state index is 12.5. The Labute approximate surface area is 112 Å². The third-order valence-corrected chi connectivity index (χ3v) is 7.36. The molecule has 3 rings (SSSR count). The van der Waals surface area contributed by atoms with Crippen LogP contribution in [0.1, 0.15) is 33.6 Å². The number of hydrogen-bond acceptors (Lipinski definition) is 2. The van der Waals surface area contributed by atoms with Crippen LogP contribution in [0.2, 0.25) is 0 Å². The van der Waals surface area contributed by atoms with Crippen molar-refractivity contribution >= 4 is 21.8 Å². The van der Waals surface area contributed by atoms with Gasteiger partial charge in [0.2, 0.25) is 5.91 Å². The summed E-state index contributed by atoms with van der Waals surface area (Å²) in [6, 6.07) is 0. The van der Waals surface area contributed by atoms with Gasteiger partial charge >= 0.3 is 0 Å². The normalized spacial score (nSPS) is 42.1. The zero-order chi connectivity index (χ0) is 12.9. The van der Waals surface area contributed by atoms with Crippen molar-refractivity contribution in [2.75, 3.05) is 20.3 Å². The van der Waals surface area contributed by atoms with E-state index >= 15 is 0 Å². The van der Waals surface area contributed by atoms with Crippen LogP contribution in [0.3, 0.4) is 0 Å². The number of carbonyl (C=O) groups excluding carboxylic acids is 1. The number of fused-ring (bicyclic) bond motifs is 1. The average Bonchev–Trinajstić information content (AvgIpc) is 2.67. The van der Waals surface area contributed by atoms with Crippen LogP contribution in [0.25, 0.3) is 0 Å². The third kappa shape index (κ3) is 1.34. The summed E-state index contributed by atoms with van der Waals surface area (Å²) in [5, 5.41) is 3.01. The van der Waals surface area contributed by atoms with Gasteiger partial charge in [-0.1, -0.05) is 36.7 Å². The number of hydrogen-bond donors (Lipinski definition) is 1. The monoisotopic (exact) mass is 303 g/mol. The van der Waals surface area contributed by atoms with Gasteiger partial charge in [0.25, 0.3) is 0 Å². The third-order valence-electron chi connectivity index (χ3n) is 5.57. The molecule has 3 unspecified atom stereocenters. The van der Waals surface area contributed by atoms with Crippen LogP contribution in [0.15, 0.2) is 0 Å². The largest absolute Gasteiger partial charge is 0.383 e. The molecule has 0 radical (unpaired) electrons. The molecule has 1 N–H and O–H groups in total. The second-order valence-corrected chi connectivity index (χ2v) is 7.04. The summed E-state index contributed by atoms with van der Waals surface area (Å²) in [4.78, 5) is 12.8. The Bertz CT molecular complexity index is 344. The number of rotatable bonds is 4. The van der Waals surface area contributed by atoms with Crippen LogP contribution in [-0.4, -0.2) is 31.0 Å². The summed E-state index contributed by atoms with van der Waals surface area (Å²) >= 11 is 3.76. The van der Waals surface area contributed by atoms with Crippen molar-refractivity contribution in [3.8, 4) is 0 Å². The summed E-state index contributed by atoms with van der Waals surface area (Å²) in [5.41, 5.74) is 0.104. The molecule has 4 heteroatoms. The smallest absolute Gasteiger partial charge is 0.228 e. The van der Waals surface area contributed by atoms with Crippen molar-refractivity contribution in [3.05, 3.63) is 0 Å². The van der Waals surface area contributed by atoms with E-state index in [2.05, 4.69) is 42.0 Å². The molecule has 2 bridgehead atoms. The highest BCUT2D eigenvalue weighted by atomic mass is 79.9. The number of nitrogens with one attached hydrogen (secondary N) is 1. The van der Waals surface area contributed by atoms with E-state index in [1.807, 2.05) is 0 Å². The Hall–Kier alpha value is -0.0900. The van der Waals surface area contributed by atoms with Gasteiger partial charge in [-0.25, -0.2) is 0 Å². The van der Waals surface area contributed by atoms with E-state index in [1.54, 1.807) is 7.11 Å². The Morgan fingerprint density at radius 1 is 1.41 bits per heavy atom. The molecule has 3 atom stereocenters. The number of methoxy groups -OCH3 is 1. The van der Waals surface area contributed by atoms with Crippen molar-refractivity contribution in [3.63, 3.8) is 0 Å². The second kappa shape index (κ2) is 3.95. The van der Waals surface area contributed by atoms with Crippen LogP contribution in [0, 0.1) is 16.2 Å². The number of amides is 1. The first-order valence-electron chi connectivity index (χ1n) is 6.26. The molecule has 0 spiro atoms. The molecule has 1 amide bonds. The molecule has 0 aromatic heterocycles. The quantitative estimate of drug-likeness (QED) is 0.639. The van der Waals surface area contributed by atoms with E-state index in [0.29, 0.717) is 18.0 Å². The molecule has 3 aliphatic carbocycles. The summed E-state index contributed by atoms with van der Waals surface area (Å²) < 4.78 is 4.97. The minimum atomic E-state index is -0.227. The SMILES string of the molecule is COCCNC(=O)C12CCC(C)(C1Br)C2(C)C. The van der Waals surface area contributed by atoms with Gasteiger partial charge in [-0.3, -0.25) is 4.79 Å². The van der Waals surface area contributed by atoms with Crippen molar-refractivity contribution in [1.29, 1.82) is 0 Å².